The molecule has 0 spiro atoms. The lowest BCUT2D eigenvalue weighted by Gasteiger charge is -2.19. The Morgan fingerprint density at radius 1 is 1.26 bits per heavy atom. The van der Waals surface area contributed by atoms with Crippen LogP contribution in [-0.2, 0) is 9.59 Å². The minimum Gasteiger partial charge on any atom is -0.371 e. The zero-order chi connectivity index (χ0) is 15.9. The van der Waals surface area contributed by atoms with Crippen molar-refractivity contribution >= 4 is 35.6 Å². The van der Waals surface area contributed by atoms with Crippen molar-refractivity contribution in [1.82, 2.24) is 10.6 Å². The summed E-state index contributed by atoms with van der Waals surface area (Å²) < 4.78 is 0. The Morgan fingerprint density at radius 3 is 2.61 bits per heavy atom. The fourth-order valence-electron chi connectivity index (χ4n) is 2.52. The van der Waals surface area contributed by atoms with Gasteiger partial charge in [0.25, 0.3) is 0 Å². The summed E-state index contributed by atoms with van der Waals surface area (Å²) in [4.78, 5) is 25.9. The number of halogens is 1. The van der Waals surface area contributed by atoms with Crippen LogP contribution < -0.4 is 20.9 Å². The SMILES string of the molecule is CNCC(=O)NC(C)C(=O)Nc1cccc(N2CCCC2)c1.Cl. The summed E-state index contributed by atoms with van der Waals surface area (Å²) in [6.45, 7) is 4.00. The third-order valence-electron chi connectivity index (χ3n) is 3.69. The molecule has 1 heterocycles. The van der Waals surface area contributed by atoms with E-state index in [0.29, 0.717) is 0 Å². The van der Waals surface area contributed by atoms with Gasteiger partial charge in [-0.1, -0.05) is 6.07 Å². The normalized spacial score (nSPS) is 14.8. The second kappa shape index (κ2) is 9.37. The average molecular weight is 341 g/mol. The summed E-state index contributed by atoms with van der Waals surface area (Å²) in [5.41, 5.74) is 1.88. The number of anilines is 2. The Labute approximate surface area is 143 Å². The van der Waals surface area contributed by atoms with Crippen LogP contribution in [0, 0.1) is 0 Å². The maximum absolute atomic E-state index is 12.1. The summed E-state index contributed by atoms with van der Waals surface area (Å²) in [6.07, 6.45) is 2.43. The quantitative estimate of drug-likeness (QED) is 0.731. The molecule has 0 aromatic heterocycles. The molecule has 1 aromatic carbocycles. The minimum atomic E-state index is -0.573. The van der Waals surface area contributed by atoms with Crippen molar-refractivity contribution in [2.45, 2.75) is 25.8 Å². The van der Waals surface area contributed by atoms with Crippen molar-refractivity contribution in [2.75, 3.05) is 36.9 Å². The molecule has 1 saturated heterocycles. The van der Waals surface area contributed by atoms with E-state index in [1.54, 1.807) is 14.0 Å². The Bertz CT molecular complexity index is 533. The number of hydrogen-bond donors (Lipinski definition) is 3. The molecular formula is C16H25ClN4O2. The molecule has 1 aromatic rings. The van der Waals surface area contributed by atoms with Gasteiger partial charge in [0, 0.05) is 24.5 Å². The van der Waals surface area contributed by atoms with Crippen LogP contribution in [0.15, 0.2) is 24.3 Å². The van der Waals surface area contributed by atoms with Crippen molar-refractivity contribution < 1.29 is 9.59 Å². The third-order valence-corrected chi connectivity index (χ3v) is 3.69. The van der Waals surface area contributed by atoms with E-state index in [4.69, 9.17) is 0 Å². The van der Waals surface area contributed by atoms with Crippen LogP contribution in [0.25, 0.3) is 0 Å². The van der Waals surface area contributed by atoms with E-state index in [-0.39, 0.29) is 30.8 Å². The van der Waals surface area contributed by atoms with E-state index in [9.17, 15) is 9.59 Å². The van der Waals surface area contributed by atoms with E-state index in [1.807, 2.05) is 18.2 Å². The van der Waals surface area contributed by atoms with Crippen molar-refractivity contribution in [2.24, 2.45) is 0 Å². The number of benzene rings is 1. The molecule has 0 bridgehead atoms. The van der Waals surface area contributed by atoms with Gasteiger partial charge in [-0.05, 0) is 45.0 Å². The summed E-state index contributed by atoms with van der Waals surface area (Å²) in [5.74, 6) is -0.418. The first kappa shape index (κ1) is 19.3. The van der Waals surface area contributed by atoms with Gasteiger partial charge in [-0.3, -0.25) is 9.59 Å². The molecule has 0 aliphatic carbocycles. The van der Waals surface area contributed by atoms with Gasteiger partial charge in [0.05, 0.1) is 6.54 Å². The molecular weight excluding hydrogens is 316 g/mol. The summed E-state index contributed by atoms with van der Waals surface area (Å²) in [7, 11) is 1.69. The lowest BCUT2D eigenvalue weighted by atomic mass is 10.2. The van der Waals surface area contributed by atoms with Crippen LogP contribution in [0.2, 0.25) is 0 Å². The Balaban J connectivity index is 0.00000264. The van der Waals surface area contributed by atoms with Gasteiger partial charge in [-0.25, -0.2) is 0 Å². The zero-order valence-corrected chi connectivity index (χ0v) is 14.4. The van der Waals surface area contributed by atoms with Crippen LogP contribution in [0.1, 0.15) is 19.8 Å². The topological polar surface area (TPSA) is 73.5 Å². The molecule has 2 amide bonds. The van der Waals surface area contributed by atoms with Crippen LogP contribution in [0.3, 0.4) is 0 Å². The average Bonchev–Trinajstić information content (AvgIpc) is 3.02. The molecule has 7 heteroatoms. The first-order valence-electron chi connectivity index (χ1n) is 7.70. The second-order valence-corrected chi connectivity index (χ2v) is 5.55. The number of carbonyl (C=O) groups is 2. The highest BCUT2D eigenvalue weighted by molar-refractivity contribution is 5.97. The maximum atomic E-state index is 12.1. The van der Waals surface area contributed by atoms with Gasteiger partial charge in [0.1, 0.15) is 6.04 Å². The van der Waals surface area contributed by atoms with Gasteiger partial charge in [-0.15, -0.1) is 12.4 Å². The first-order chi connectivity index (χ1) is 10.6. The van der Waals surface area contributed by atoms with E-state index in [0.717, 1.165) is 24.5 Å². The molecule has 23 heavy (non-hydrogen) atoms. The van der Waals surface area contributed by atoms with Gasteiger partial charge >= 0.3 is 0 Å². The molecule has 1 fully saturated rings. The van der Waals surface area contributed by atoms with Gasteiger partial charge in [-0.2, -0.15) is 0 Å². The maximum Gasteiger partial charge on any atom is 0.246 e. The smallest absolute Gasteiger partial charge is 0.246 e. The predicted molar refractivity (Wildman–Crippen MR) is 95.3 cm³/mol. The standard InChI is InChI=1S/C16H24N4O2.ClH/c1-12(18-15(21)11-17-2)16(22)19-13-6-5-7-14(10-13)20-8-3-4-9-20;/h5-7,10,12,17H,3-4,8-9,11H2,1-2H3,(H,18,21)(H,19,22);1H. The molecule has 1 aliphatic heterocycles. The molecule has 0 saturated carbocycles. The first-order valence-corrected chi connectivity index (χ1v) is 7.70. The van der Waals surface area contributed by atoms with E-state index in [2.05, 4.69) is 26.9 Å². The number of amides is 2. The molecule has 0 radical (unpaired) electrons. The summed E-state index contributed by atoms with van der Waals surface area (Å²) in [6, 6.07) is 7.26. The van der Waals surface area contributed by atoms with Crippen molar-refractivity contribution in [3.8, 4) is 0 Å². The van der Waals surface area contributed by atoms with Gasteiger partial charge < -0.3 is 20.9 Å². The fourth-order valence-corrected chi connectivity index (χ4v) is 2.52. The molecule has 1 unspecified atom stereocenters. The number of hydrogen-bond acceptors (Lipinski definition) is 4. The largest absolute Gasteiger partial charge is 0.371 e. The zero-order valence-electron chi connectivity index (χ0n) is 13.6. The Kier molecular flexibility index (Phi) is 7.85. The predicted octanol–water partition coefficient (Wildman–Crippen LogP) is 1.37. The van der Waals surface area contributed by atoms with Crippen LogP contribution in [-0.4, -0.2) is 44.5 Å². The van der Waals surface area contributed by atoms with Gasteiger partial charge in [0.15, 0.2) is 0 Å². The van der Waals surface area contributed by atoms with E-state index in [1.165, 1.54) is 12.8 Å². The third kappa shape index (κ3) is 5.73. The highest BCUT2D eigenvalue weighted by atomic mass is 35.5. The van der Waals surface area contributed by atoms with Crippen molar-refractivity contribution in [3.63, 3.8) is 0 Å². The van der Waals surface area contributed by atoms with Gasteiger partial charge in [0.2, 0.25) is 11.8 Å². The second-order valence-electron chi connectivity index (χ2n) is 5.55. The molecule has 1 aliphatic rings. The van der Waals surface area contributed by atoms with Crippen LogP contribution >= 0.6 is 12.4 Å². The van der Waals surface area contributed by atoms with Crippen LogP contribution in [0.4, 0.5) is 11.4 Å². The number of carbonyl (C=O) groups excluding carboxylic acids is 2. The monoisotopic (exact) mass is 340 g/mol. The van der Waals surface area contributed by atoms with Crippen molar-refractivity contribution in [1.29, 1.82) is 0 Å². The Morgan fingerprint density at radius 2 is 1.96 bits per heavy atom. The number of nitrogens with zero attached hydrogens (tertiary/aromatic N) is 1. The summed E-state index contributed by atoms with van der Waals surface area (Å²) in [5, 5.41) is 8.25. The minimum absolute atomic E-state index is 0. The number of likely N-dealkylation sites (N-methyl/N-ethyl adjacent to an activating group) is 1. The molecule has 6 nitrogen and oxygen atoms in total. The van der Waals surface area contributed by atoms with E-state index >= 15 is 0 Å². The molecule has 128 valence electrons. The Hall–Kier alpha value is -1.79. The lowest BCUT2D eigenvalue weighted by molar-refractivity contribution is -0.125. The highest BCUT2D eigenvalue weighted by Crippen LogP contribution is 2.23. The highest BCUT2D eigenvalue weighted by Gasteiger charge is 2.16. The number of nitrogens with one attached hydrogen (secondary N) is 3. The van der Waals surface area contributed by atoms with Crippen LogP contribution in [0.5, 0.6) is 0 Å². The van der Waals surface area contributed by atoms with Crippen molar-refractivity contribution in [3.05, 3.63) is 24.3 Å². The van der Waals surface area contributed by atoms with E-state index < -0.39 is 6.04 Å². The summed E-state index contributed by atoms with van der Waals surface area (Å²) >= 11 is 0. The number of rotatable bonds is 6. The molecule has 1 atom stereocenters. The molecule has 2 rings (SSSR count). The lowest BCUT2D eigenvalue weighted by Crippen LogP contribution is -2.44. The molecule has 3 N–H and O–H groups in total. The fraction of sp³-hybridized carbons (Fsp3) is 0.500.